The summed E-state index contributed by atoms with van der Waals surface area (Å²) in [7, 11) is 0. The largest absolute Gasteiger partial charge is 0.351 e. The number of nitrogens with zero attached hydrogens (tertiary/aromatic N) is 2. The van der Waals surface area contributed by atoms with E-state index in [2.05, 4.69) is 16.3 Å². The van der Waals surface area contributed by atoms with E-state index in [1.165, 1.54) is 4.88 Å². The van der Waals surface area contributed by atoms with Gasteiger partial charge < -0.3 is 10.2 Å². The Balaban J connectivity index is 1.34. The first kappa shape index (κ1) is 18.6. The molecule has 1 aliphatic heterocycles. The van der Waals surface area contributed by atoms with Crippen molar-refractivity contribution >= 4 is 23.2 Å². The molecule has 1 aliphatic rings. The van der Waals surface area contributed by atoms with Gasteiger partial charge in [0.25, 0.3) is 0 Å². The molecule has 0 unspecified atom stereocenters. The van der Waals surface area contributed by atoms with Crippen molar-refractivity contribution < 1.29 is 9.59 Å². The van der Waals surface area contributed by atoms with E-state index in [0.29, 0.717) is 32.6 Å². The zero-order chi connectivity index (χ0) is 18.2. The predicted molar refractivity (Wildman–Crippen MR) is 104 cm³/mol. The minimum Gasteiger partial charge on any atom is -0.351 e. The maximum atomic E-state index is 12.3. The van der Waals surface area contributed by atoms with Crippen LogP contribution in [-0.4, -0.2) is 54.3 Å². The van der Waals surface area contributed by atoms with Gasteiger partial charge in [0.05, 0.1) is 6.54 Å². The number of piperazine rings is 1. The molecule has 3 rings (SSSR count). The maximum absolute atomic E-state index is 12.3. The lowest BCUT2D eigenvalue weighted by Gasteiger charge is -2.34. The molecule has 6 heteroatoms. The van der Waals surface area contributed by atoms with E-state index in [1.54, 1.807) is 11.3 Å². The molecule has 5 nitrogen and oxygen atoms in total. The summed E-state index contributed by atoms with van der Waals surface area (Å²) >= 11 is 1.70. The molecule has 2 heterocycles. The topological polar surface area (TPSA) is 52.7 Å². The fraction of sp³-hybridized carbons (Fsp3) is 0.400. The molecule has 0 spiro atoms. The minimum atomic E-state index is 0.0336. The minimum absolute atomic E-state index is 0.0336. The summed E-state index contributed by atoms with van der Waals surface area (Å²) in [6, 6.07) is 14.0. The quantitative estimate of drug-likeness (QED) is 0.811. The highest BCUT2D eigenvalue weighted by atomic mass is 32.1. The molecule has 0 bridgehead atoms. The van der Waals surface area contributed by atoms with Crippen molar-refractivity contribution in [3.8, 4) is 0 Å². The van der Waals surface area contributed by atoms with Crippen LogP contribution in [-0.2, 0) is 22.6 Å². The van der Waals surface area contributed by atoms with Crippen LogP contribution in [0, 0.1) is 0 Å². The molecule has 138 valence electrons. The summed E-state index contributed by atoms with van der Waals surface area (Å²) < 4.78 is 0. The van der Waals surface area contributed by atoms with E-state index in [0.717, 1.165) is 25.1 Å². The monoisotopic (exact) mass is 371 g/mol. The number of amides is 2. The Hall–Kier alpha value is -2.18. The van der Waals surface area contributed by atoms with Crippen LogP contribution in [0.15, 0.2) is 47.8 Å². The highest BCUT2D eigenvalue weighted by Gasteiger charge is 2.22. The number of thiophene rings is 1. The fourth-order valence-corrected chi connectivity index (χ4v) is 3.76. The SMILES string of the molecule is O=C(CN1CCN(C(=O)CCc2cccs2)CC1)NCc1ccccc1. The van der Waals surface area contributed by atoms with E-state index in [1.807, 2.05) is 46.7 Å². The van der Waals surface area contributed by atoms with Crippen LogP contribution in [0.4, 0.5) is 0 Å². The molecule has 2 aromatic rings. The second kappa shape index (κ2) is 9.50. The van der Waals surface area contributed by atoms with Crippen molar-refractivity contribution in [3.63, 3.8) is 0 Å². The van der Waals surface area contributed by atoms with Crippen molar-refractivity contribution in [2.24, 2.45) is 0 Å². The lowest BCUT2D eigenvalue weighted by atomic mass is 10.2. The van der Waals surface area contributed by atoms with E-state index in [4.69, 9.17) is 0 Å². The number of carbonyl (C=O) groups is 2. The Bertz CT molecular complexity index is 695. The van der Waals surface area contributed by atoms with Gasteiger partial charge in [-0.25, -0.2) is 0 Å². The van der Waals surface area contributed by atoms with E-state index in [9.17, 15) is 9.59 Å². The van der Waals surface area contributed by atoms with Gasteiger partial charge in [0.1, 0.15) is 0 Å². The third-order valence-electron chi connectivity index (χ3n) is 4.59. The van der Waals surface area contributed by atoms with Crippen molar-refractivity contribution in [1.29, 1.82) is 0 Å². The van der Waals surface area contributed by atoms with E-state index in [-0.39, 0.29) is 11.8 Å². The van der Waals surface area contributed by atoms with Crippen molar-refractivity contribution in [2.45, 2.75) is 19.4 Å². The second-order valence-corrected chi connectivity index (χ2v) is 7.53. The van der Waals surface area contributed by atoms with Crippen LogP contribution in [0.5, 0.6) is 0 Å². The summed E-state index contributed by atoms with van der Waals surface area (Å²) in [5.41, 5.74) is 1.10. The van der Waals surface area contributed by atoms with E-state index >= 15 is 0 Å². The molecule has 0 atom stereocenters. The zero-order valence-electron chi connectivity index (χ0n) is 14.9. The number of hydrogen-bond donors (Lipinski definition) is 1. The van der Waals surface area contributed by atoms with Gasteiger partial charge in [-0.05, 0) is 23.4 Å². The first-order valence-corrected chi connectivity index (χ1v) is 9.92. The Morgan fingerprint density at radius 3 is 2.46 bits per heavy atom. The molecule has 1 aromatic carbocycles. The number of aryl methyl sites for hydroxylation is 1. The van der Waals surface area contributed by atoms with Crippen LogP contribution in [0.1, 0.15) is 16.9 Å². The fourth-order valence-electron chi connectivity index (χ4n) is 3.05. The third-order valence-corrected chi connectivity index (χ3v) is 5.53. The number of carbonyl (C=O) groups excluding carboxylic acids is 2. The van der Waals surface area contributed by atoms with Gasteiger partial charge in [-0.1, -0.05) is 36.4 Å². The van der Waals surface area contributed by atoms with Crippen LogP contribution in [0.3, 0.4) is 0 Å². The highest BCUT2D eigenvalue weighted by molar-refractivity contribution is 7.09. The summed E-state index contributed by atoms with van der Waals surface area (Å²) in [6.07, 6.45) is 1.39. The molecule has 0 saturated carbocycles. The maximum Gasteiger partial charge on any atom is 0.234 e. The number of rotatable bonds is 7. The van der Waals surface area contributed by atoms with Crippen molar-refractivity contribution in [3.05, 3.63) is 58.3 Å². The van der Waals surface area contributed by atoms with Crippen LogP contribution >= 0.6 is 11.3 Å². The lowest BCUT2D eigenvalue weighted by molar-refractivity contribution is -0.133. The van der Waals surface area contributed by atoms with Gasteiger partial charge in [0.15, 0.2) is 0 Å². The Labute approximate surface area is 158 Å². The first-order chi connectivity index (χ1) is 12.7. The Morgan fingerprint density at radius 2 is 1.77 bits per heavy atom. The normalized spacial score (nSPS) is 15.0. The molecule has 1 aromatic heterocycles. The van der Waals surface area contributed by atoms with Crippen LogP contribution < -0.4 is 5.32 Å². The van der Waals surface area contributed by atoms with Crippen molar-refractivity contribution in [2.75, 3.05) is 32.7 Å². The predicted octanol–water partition coefficient (Wildman–Crippen LogP) is 2.14. The molecular weight excluding hydrogens is 346 g/mol. The van der Waals surface area contributed by atoms with Gasteiger partial charge in [-0.15, -0.1) is 11.3 Å². The number of benzene rings is 1. The van der Waals surface area contributed by atoms with Crippen LogP contribution in [0.2, 0.25) is 0 Å². The smallest absolute Gasteiger partial charge is 0.234 e. The number of nitrogens with one attached hydrogen (secondary N) is 1. The third kappa shape index (κ3) is 5.68. The average Bonchev–Trinajstić information content (AvgIpc) is 3.19. The van der Waals surface area contributed by atoms with Crippen molar-refractivity contribution in [1.82, 2.24) is 15.1 Å². The molecule has 2 amide bonds. The molecule has 1 saturated heterocycles. The van der Waals surface area contributed by atoms with Crippen LogP contribution in [0.25, 0.3) is 0 Å². The molecule has 26 heavy (non-hydrogen) atoms. The highest BCUT2D eigenvalue weighted by Crippen LogP contribution is 2.12. The Morgan fingerprint density at radius 1 is 1.00 bits per heavy atom. The molecule has 0 aliphatic carbocycles. The summed E-state index contributed by atoms with van der Waals surface area (Å²) in [4.78, 5) is 29.7. The standard InChI is InChI=1S/C20H25N3O2S/c24-19(21-15-17-5-2-1-3-6-17)16-22-10-12-23(13-11-22)20(25)9-8-18-7-4-14-26-18/h1-7,14H,8-13,15-16H2,(H,21,24). The second-order valence-electron chi connectivity index (χ2n) is 6.50. The molecular formula is C20H25N3O2S. The molecule has 1 fully saturated rings. The van der Waals surface area contributed by atoms with Gasteiger partial charge >= 0.3 is 0 Å². The Kier molecular flexibility index (Phi) is 6.80. The molecule has 1 N–H and O–H groups in total. The zero-order valence-corrected chi connectivity index (χ0v) is 15.7. The summed E-state index contributed by atoms with van der Waals surface area (Å²) in [5.74, 6) is 0.248. The van der Waals surface area contributed by atoms with Gasteiger partial charge in [0, 0.05) is 44.0 Å². The first-order valence-electron chi connectivity index (χ1n) is 9.04. The van der Waals surface area contributed by atoms with Gasteiger partial charge in [-0.3, -0.25) is 14.5 Å². The van der Waals surface area contributed by atoms with Gasteiger partial charge in [-0.2, -0.15) is 0 Å². The van der Waals surface area contributed by atoms with E-state index < -0.39 is 0 Å². The summed E-state index contributed by atoms with van der Waals surface area (Å²) in [6.45, 7) is 3.86. The molecule has 0 radical (unpaired) electrons. The lowest BCUT2D eigenvalue weighted by Crippen LogP contribution is -2.51. The average molecular weight is 372 g/mol. The van der Waals surface area contributed by atoms with Gasteiger partial charge in [0.2, 0.25) is 11.8 Å². The summed E-state index contributed by atoms with van der Waals surface area (Å²) in [5, 5.41) is 5.00. The number of hydrogen-bond acceptors (Lipinski definition) is 4.